The van der Waals surface area contributed by atoms with Crippen LogP contribution in [0.15, 0.2) is 22.7 Å². The second-order valence-electron chi connectivity index (χ2n) is 4.79. The Labute approximate surface area is 125 Å². The van der Waals surface area contributed by atoms with Crippen molar-refractivity contribution in [1.82, 2.24) is 10.2 Å². The minimum Gasteiger partial charge on any atom is -0.353 e. The Morgan fingerprint density at radius 3 is 3.05 bits per heavy atom. The molecule has 1 heterocycles. The molecule has 1 atom stereocenters. The highest BCUT2D eigenvalue weighted by Crippen LogP contribution is 2.20. The molecule has 1 aromatic carbocycles. The van der Waals surface area contributed by atoms with Gasteiger partial charge >= 0.3 is 0 Å². The van der Waals surface area contributed by atoms with Gasteiger partial charge in [-0.3, -0.25) is 9.59 Å². The minimum atomic E-state index is -0.438. The smallest absolute Gasteiger partial charge is 0.242 e. The Balaban J connectivity index is 1.98. The number of aryl methyl sites for hydroxylation is 1. The first-order valence-electron chi connectivity index (χ1n) is 6.50. The van der Waals surface area contributed by atoms with Crippen LogP contribution in [0.3, 0.4) is 0 Å². The molecule has 1 saturated heterocycles. The molecule has 1 N–H and O–H groups in total. The topological polar surface area (TPSA) is 49.4 Å². The average Bonchev–Trinajstić information content (AvgIpc) is 2.42. The van der Waals surface area contributed by atoms with Crippen LogP contribution in [0.1, 0.15) is 18.9 Å². The number of benzene rings is 1. The molecule has 2 rings (SSSR count). The van der Waals surface area contributed by atoms with Crippen molar-refractivity contribution in [1.29, 1.82) is 0 Å². The molecule has 1 aliphatic heterocycles. The maximum absolute atomic E-state index is 13.2. The maximum Gasteiger partial charge on any atom is 0.242 e. The third-order valence-electron chi connectivity index (χ3n) is 3.44. The molecule has 0 radical (unpaired) electrons. The monoisotopic (exact) mass is 342 g/mol. The van der Waals surface area contributed by atoms with Gasteiger partial charge in [0.25, 0.3) is 0 Å². The molecule has 1 unspecified atom stereocenters. The summed E-state index contributed by atoms with van der Waals surface area (Å²) >= 11 is 3.34. The van der Waals surface area contributed by atoms with Gasteiger partial charge in [-0.25, -0.2) is 4.39 Å². The van der Waals surface area contributed by atoms with Gasteiger partial charge in [0.2, 0.25) is 11.8 Å². The summed E-state index contributed by atoms with van der Waals surface area (Å²) in [6, 6.07) is 3.98. The van der Waals surface area contributed by atoms with Gasteiger partial charge in [0, 0.05) is 24.0 Å². The van der Waals surface area contributed by atoms with Crippen LogP contribution < -0.4 is 5.32 Å². The van der Waals surface area contributed by atoms with E-state index in [1.807, 2.05) is 0 Å². The SMILES string of the molecule is CC1C(=O)NCCN1C(=O)CCc1cc(F)ccc1Br. The van der Waals surface area contributed by atoms with Crippen molar-refractivity contribution in [2.45, 2.75) is 25.8 Å². The first kappa shape index (κ1) is 15.0. The Bertz CT molecular complexity index is 536. The van der Waals surface area contributed by atoms with Crippen LogP contribution in [0.4, 0.5) is 4.39 Å². The fourth-order valence-electron chi connectivity index (χ4n) is 2.24. The lowest BCUT2D eigenvalue weighted by atomic mass is 10.1. The minimum absolute atomic E-state index is 0.0801. The molecule has 1 fully saturated rings. The van der Waals surface area contributed by atoms with Gasteiger partial charge in [0.1, 0.15) is 11.9 Å². The Hall–Kier alpha value is -1.43. The first-order chi connectivity index (χ1) is 9.49. The molecule has 0 aromatic heterocycles. The van der Waals surface area contributed by atoms with Crippen molar-refractivity contribution < 1.29 is 14.0 Å². The molecule has 108 valence electrons. The Morgan fingerprint density at radius 1 is 1.55 bits per heavy atom. The summed E-state index contributed by atoms with van der Waals surface area (Å²) < 4.78 is 14.0. The van der Waals surface area contributed by atoms with Crippen molar-refractivity contribution in [3.63, 3.8) is 0 Å². The van der Waals surface area contributed by atoms with Gasteiger partial charge < -0.3 is 10.2 Å². The summed E-state index contributed by atoms with van der Waals surface area (Å²) in [7, 11) is 0. The lowest BCUT2D eigenvalue weighted by Crippen LogP contribution is -2.55. The van der Waals surface area contributed by atoms with E-state index < -0.39 is 6.04 Å². The third kappa shape index (κ3) is 3.36. The molecular formula is C14H16BrFN2O2. The molecular weight excluding hydrogens is 327 g/mol. The van der Waals surface area contributed by atoms with Crippen LogP contribution >= 0.6 is 15.9 Å². The van der Waals surface area contributed by atoms with Gasteiger partial charge in [-0.2, -0.15) is 0 Å². The Morgan fingerprint density at radius 2 is 2.30 bits per heavy atom. The van der Waals surface area contributed by atoms with E-state index in [0.717, 1.165) is 10.0 Å². The second kappa shape index (κ2) is 6.35. The van der Waals surface area contributed by atoms with E-state index in [-0.39, 0.29) is 24.1 Å². The van der Waals surface area contributed by atoms with E-state index >= 15 is 0 Å². The van der Waals surface area contributed by atoms with Crippen molar-refractivity contribution in [2.75, 3.05) is 13.1 Å². The predicted molar refractivity (Wildman–Crippen MR) is 76.6 cm³/mol. The van der Waals surface area contributed by atoms with E-state index in [0.29, 0.717) is 19.5 Å². The molecule has 0 bridgehead atoms. The molecule has 1 aromatic rings. The van der Waals surface area contributed by atoms with Crippen LogP contribution in [0.2, 0.25) is 0 Å². The zero-order valence-corrected chi connectivity index (χ0v) is 12.7. The summed E-state index contributed by atoms with van der Waals surface area (Å²) in [5.41, 5.74) is 0.757. The fraction of sp³-hybridized carbons (Fsp3) is 0.429. The summed E-state index contributed by atoms with van der Waals surface area (Å²) in [6.45, 7) is 2.72. The van der Waals surface area contributed by atoms with Gasteiger partial charge in [-0.05, 0) is 37.1 Å². The van der Waals surface area contributed by atoms with Gasteiger partial charge in [-0.15, -0.1) is 0 Å². The zero-order chi connectivity index (χ0) is 14.7. The second-order valence-corrected chi connectivity index (χ2v) is 5.64. The molecule has 6 heteroatoms. The fourth-order valence-corrected chi connectivity index (χ4v) is 2.69. The number of hydrogen-bond acceptors (Lipinski definition) is 2. The molecule has 20 heavy (non-hydrogen) atoms. The van der Waals surface area contributed by atoms with E-state index in [4.69, 9.17) is 0 Å². The largest absolute Gasteiger partial charge is 0.353 e. The lowest BCUT2D eigenvalue weighted by molar-refractivity contribution is -0.142. The standard InChI is InChI=1S/C14H16BrFN2O2/c1-9-14(20)17-6-7-18(9)13(19)5-2-10-8-11(16)3-4-12(10)15/h3-4,8-9H,2,5-7H2,1H3,(H,17,20). The molecule has 4 nitrogen and oxygen atoms in total. The van der Waals surface area contributed by atoms with Crippen molar-refractivity contribution in [3.8, 4) is 0 Å². The number of halogens is 2. The van der Waals surface area contributed by atoms with Crippen LogP contribution in [-0.4, -0.2) is 35.8 Å². The van der Waals surface area contributed by atoms with Gasteiger partial charge in [0.15, 0.2) is 0 Å². The Kier molecular flexibility index (Phi) is 4.75. The van der Waals surface area contributed by atoms with E-state index in [1.165, 1.54) is 12.1 Å². The van der Waals surface area contributed by atoms with Crippen LogP contribution in [0, 0.1) is 5.82 Å². The quantitative estimate of drug-likeness (QED) is 0.911. The number of nitrogens with zero attached hydrogens (tertiary/aromatic N) is 1. The molecule has 0 spiro atoms. The van der Waals surface area contributed by atoms with Crippen molar-refractivity contribution >= 4 is 27.7 Å². The normalized spacial score (nSPS) is 18.9. The molecule has 0 saturated carbocycles. The predicted octanol–water partition coefficient (Wildman–Crippen LogP) is 1.87. The van der Waals surface area contributed by atoms with Gasteiger partial charge in [-0.1, -0.05) is 15.9 Å². The lowest BCUT2D eigenvalue weighted by Gasteiger charge is -2.32. The molecule has 1 aliphatic rings. The van der Waals surface area contributed by atoms with Crippen LogP contribution in [0.5, 0.6) is 0 Å². The van der Waals surface area contributed by atoms with Crippen molar-refractivity contribution in [2.24, 2.45) is 0 Å². The van der Waals surface area contributed by atoms with Crippen LogP contribution in [-0.2, 0) is 16.0 Å². The summed E-state index contributed by atoms with van der Waals surface area (Å²) in [4.78, 5) is 25.3. The number of rotatable bonds is 3. The van der Waals surface area contributed by atoms with Gasteiger partial charge in [0.05, 0.1) is 0 Å². The molecule has 2 amide bonds. The molecule has 0 aliphatic carbocycles. The highest BCUT2D eigenvalue weighted by Gasteiger charge is 2.28. The zero-order valence-electron chi connectivity index (χ0n) is 11.2. The highest BCUT2D eigenvalue weighted by molar-refractivity contribution is 9.10. The number of hydrogen-bond donors (Lipinski definition) is 1. The third-order valence-corrected chi connectivity index (χ3v) is 4.21. The number of amides is 2. The number of carbonyl (C=O) groups is 2. The number of nitrogens with one attached hydrogen (secondary N) is 1. The number of carbonyl (C=O) groups excluding carboxylic acids is 2. The highest BCUT2D eigenvalue weighted by atomic mass is 79.9. The average molecular weight is 343 g/mol. The first-order valence-corrected chi connectivity index (χ1v) is 7.29. The summed E-state index contributed by atoms with van der Waals surface area (Å²) in [5.74, 6) is -0.526. The number of piperazine rings is 1. The summed E-state index contributed by atoms with van der Waals surface area (Å²) in [5, 5.41) is 2.72. The summed E-state index contributed by atoms with van der Waals surface area (Å²) in [6.07, 6.45) is 0.710. The van der Waals surface area contributed by atoms with E-state index in [2.05, 4.69) is 21.2 Å². The maximum atomic E-state index is 13.2. The van der Waals surface area contributed by atoms with E-state index in [1.54, 1.807) is 17.9 Å². The van der Waals surface area contributed by atoms with Crippen LogP contribution in [0.25, 0.3) is 0 Å². The van der Waals surface area contributed by atoms with Crippen molar-refractivity contribution in [3.05, 3.63) is 34.1 Å². The van der Waals surface area contributed by atoms with E-state index in [9.17, 15) is 14.0 Å².